The first kappa shape index (κ1) is 15.3. The molecule has 2 aromatic carbocycles. The summed E-state index contributed by atoms with van der Waals surface area (Å²) in [5.41, 5.74) is 1.83. The van der Waals surface area contributed by atoms with E-state index in [0.717, 1.165) is 15.8 Å². The number of benzene rings is 2. The summed E-state index contributed by atoms with van der Waals surface area (Å²) in [5, 5.41) is 3.29. The molecule has 0 radical (unpaired) electrons. The van der Waals surface area contributed by atoms with Crippen molar-refractivity contribution in [1.82, 2.24) is 4.98 Å². The maximum Gasteiger partial charge on any atom is 0.264 e. The molecule has 118 valence electrons. The fourth-order valence-corrected chi connectivity index (χ4v) is 3.05. The second-order valence-corrected chi connectivity index (χ2v) is 6.01. The van der Waals surface area contributed by atoms with Crippen LogP contribution in [0.3, 0.4) is 0 Å². The third-order valence-corrected chi connectivity index (χ3v) is 4.14. The summed E-state index contributed by atoms with van der Waals surface area (Å²) >= 11 is 1.40. The van der Waals surface area contributed by atoms with Crippen molar-refractivity contribution in [2.45, 2.75) is 6.92 Å². The number of nitrogens with one attached hydrogen (secondary N) is 1. The summed E-state index contributed by atoms with van der Waals surface area (Å²) < 4.78 is 11.7. The number of aryl methyl sites for hydroxylation is 1. The van der Waals surface area contributed by atoms with E-state index < -0.39 is 0 Å². The first-order valence-corrected chi connectivity index (χ1v) is 7.90. The Hall–Kier alpha value is -2.60. The van der Waals surface area contributed by atoms with E-state index in [-0.39, 0.29) is 12.5 Å². The number of hydrogen-bond acceptors (Lipinski definition) is 5. The van der Waals surface area contributed by atoms with Gasteiger partial charge in [-0.05, 0) is 36.8 Å². The SMILES string of the molecule is COc1cccc2sc(NC(=O)COc3cccc(C)c3)nc12. The molecule has 3 rings (SSSR count). The van der Waals surface area contributed by atoms with E-state index in [0.29, 0.717) is 16.6 Å². The summed E-state index contributed by atoms with van der Waals surface area (Å²) in [6.07, 6.45) is 0. The summed E-state index contributed by atoms with van der Waals surface area (Å²) in [7, 11) is 1.60. The number of carbonyl (C=O) groups excluding carboxylic acids is 1. The number of nitrogens with zero attached hydrogens (tertiary/aromatic N) is 1. The monoisotopic (exact) mass is 328 g/mol. The Bertz CT molecular complexity index is 845. The van der Waals surface area contributed by atoms with Crippen molar-refractivity contribution < 1.29 is 14.3 Å². The first-order chi connectivity index (χ1) is 11.2. The zero-order valence-corrected chi connectivity index (χ0v) is 13.6. The Morgan fingerprint density at radius 3 is 2.87 bits per heavy atom. The van der Waals surface area contributed by atoms with Gasteiger partial charge in [0.15, 0.2) is 11.7 Å². The fourth-order valence-electron chi connectivity index (χ4n) is 2.15. The van der Waals surface area contributed by atoms with Gasteiger partial charge in [-0.25, -0.2) is 4.98 Å². The summed E-state index contributed by atoms with van der Waals surface area (Å²) in [4.78, 5) is 16.4. The number of fused-ring (bicyclic) bond motifs is 1. The summed E-state index contributed by atoms with van der Waals surface area (Å²) in [6.45, 7) is 1.91. The van der Waals surface area contributed by atoms with E-state index in [1.54, 1.807) is 7.11 Å². The van der Waals surface area contributed by atoms with Crippen LogP contribution in [0, 0.1) is 6.92 Å². The van der Waals surface area contributed by atoms with Crippen LogP contribution in [0.1, 0.15) is 5.56 Å². The van der Waals surface area contributed by atoms with Crippen molar-refractivity contribution in [3.05, 3.63) is 48.0 Å². The predicted molar refractivity (Wildman–Crippen MR) is 91.5 cm³/mol. The van der Waals surface area contributed by atoms with Crippen LogP contribution >= 0.6 is 11.3 Å². The lowest BCUT2D eigenvalue weighted by molar-refractivity contribution is -0.118. The van der Waals surface area contributed by atoms with Gasteiger partial charge in [-0.3, -0.25) is 10.1 Å². The van der Waals surface area contributed by atoms with Gasteiger partial charge >= 0.3 is 0 Å². The molecule has 0 saturated heterocycles. The highest BCUT2D eigenvalue weighted by molar-refractivity contribution is 7.22. The van der Waals surface area contributed by atoms with Gasteiger partial charge < -0.3 is 9.47 Å². The number of hydrogen-bond donors (Lipinski definition) is 1. The second-order valence-electron chi connectivity index (χ2n) is 4.98. The molecule has 0 bridgehead atoms. The predicted octanol–water partition coefficient (Wildman–Crippen LogP) is 3.63. The lowest BCUT2D eigenvalue weighted by Crippen LogP contribution is -2.20. The molecule has 0 aliphatic rings. The van der Waals surface area contributed by atoms with Gasteiger partial charge in [-0.2, -0.15) is 0 Å². The molecule has 1 aromatic heterocycles. The Balaban J connectivity index is 1.66. The van der Waals surface area contributed by atoms with Crippen LogP contribution in [-0.2, 0) is 4.79 Å². The zero-order valence-electron chi connectivity index (χ0n) is 12.8. The molecule has 0 fully saturated rings. The molecular weight excluding hydrogens is 312 g/mol. The van der Waals surface area contributed by atoms with Crippen LogP contribution in [0.4, 0.5) is 5.13 Å². The number of ether oxygens (including phenoxy) is 2. The second kappa shape index (κ2) is 6.66. The van der Waals surface area contributed by atoms with Crippen LogP contribution in [0.25, 0.3) is 10.2 Å². The van der Waals surface area contributed by atoms with Crippen molar-refractivity contribution in [3.63, 3.8) is 0 Å². The highest BCUT2D eigenvalue weighted by Crippen LogP contribution is 2.31. The Kier molecular flexibility index (Phi) is 4.43. The molecule has 5 nitrogen and oxygen atoms in total. The van der Waals surface area contributed by atoms with Crippen molar-refractivity contribution >= 4 is 32.6 Å². The molecule has 3 aromatic rings. The average Bonchev–Trinajstić information content (AvgIpc) is 2.95. The van der Waals surface area contributed by atoms with Gasteiger partial charge in [0.05, 0.1) is 11.8 Å². The van der Waals surface area contributed by atoms with Gasteiger partial charge in [-0.1, -0.05) is 29.5 Å². The molecule has 0 atom stereocenters. The normalized spacial score (nSPS) is 10.5. The molecule has 0 aliphatic heterocycles. The molecule has 6 heteroatoms. The van der Waals surface area contributed by atoms with Crippen LogP contribution in [-0.4, -0.2) is 24.6 Å². The quantitative estimate of drug-likeness (QED) is 0.777. The number of methoxy groups -OCH3 is 1. The highest BCUT2D eigenvalue weighted by Gasteiger charge is 2.11. The smallest absolute Gasteiger partial charge is 0.264 e. The Labute approximate surface area is 137 Å². The minimum atomic E-state index is -0.246. The number of thiazole rings is 1. The number of amides is 1. The number of para-hydroxylation sites is 1. The molecule has 0 saturated carbocycles. The highest BCUT2D eigenvalue weighted by atomic mass is 32.1. The first-order valence-electron chi connectivity index (χ1n) is 7.08. The molecule has 0 unspecified atom stereocenters. The Morgan fingerprint density at radius 1 is 1.26 bits per heavy atom. The van der Waals surface area contributed by atoms with E-state index in [9.17, 15) is 4.79 Å². The zero-order chi connectivity index (χ0) is 16.2. The van der Waals surface area contributed by atoms with Gasteiger partial charge in [0.25, 0.3) is 5.91 Å². The van der Waals surface area contributed by atoms with Crippen LogP contribution in [0.5, 0.6) is 11.5 Å². The van der Waals surface area contributed by atoms with Gasteiger partial charge in [-0.15, -0.1) is 0 Å². The molecule has 0 aliphatic carbocycles. The van der Waals surface area contributed by atoms with Crippen molar-refractivity contribution in [3.8, 4) is 11.5 Å². The van der Waals surface area contributed by atoms with Gasteiger partial charge in [0.2, 0.25) is 0 Å². The molecule has 1 N–H and O–H groups in total. The lowest BCUT2D eigenvalue weighted by atomic mass is 10.2. The van der Waals surface area contributed by atoms with Crippen molar-refractivity contribution in [1.29, 1.82) is 0 Å². The largest absolute Gasteiger partial charge is 0.494 e. The summed E-state index contributed by atoms with van der Waals surface area (Å²) in [5.74, 6) is 1.12. The summed E-state index contributed by atoms with van der Waals surface area (Å²) in [6, 6.07) is 13.2. The van der Waals surface area contributed by atoms with E-state index in [1.807, 2.05) is 49.4 Å². The molecule has 1 heterocycles. The van der Waals surface area contributed by atoms with E-state index in [1.165, 1.54) is 11.3 Å². The molecular formula is C17H16N2O3S. The van der Waals surface area contributed by atoms with Gasteiger partial charge in [0.1, 0.15) is 17.0 Å². The molecule has 1 amide bonds. The van der Waals surface area contributed by atoms with E-state index in [4.69, 9.17) is 9.47 Å². The number of carbonyl (C=O) groups is 1. The number of anilines is 1. The molecule has 23 heavy (non-hydrogen) atoms. The van der Waals surface area contributed by atoms with Crippen molar-refractivity contribution in [2.24, 2.45) is 0 Å². The standard InChI is InChI=1S/C17H16N2O3S/c1-11-5-3-6-12(9-11)22-10-15(20)18-17-19-16-13(21-2)7-4-8-14(16)23-17/h3-9H,10H2,1-2H3,(H,18,19,20). The number of rotatable bonds is 5. The third-order valence-electron chi connectivity index (χ3n) is 3.21. The number of aromatic nitrogens is 1. The van der Waals surface area contributed by atoms with Crippen LogP contribution in [0.15, 0.2) is 42.5 Å². The Morgan fingerprint density at radius 2 is 2.09 bits per heavy atom. The fraction of sp³-hybridized carbons (Fsp3) is 0.176. The maximum atomic E-state index is 12.0. The average molecular weight is 328 g/mol. The van der Waals surface area contributed by atoms with Crippen LogP contribution in [0.2, 0.25) is 0 Å². The molecule has 0 spiro atoms. The van der Waals surface area contributed by atoms with E-state index in [2.05, 4.69) is 10.3 Å². The minimum absolute atomic E-state index is 0.0590. The minimum Gasteiger partial charge on any atom is -0.494 e. The maximum absolute atomic E-state index is 12.0. The topological polar surface area (TPSA) is 60.5 Å². The van der Waals surface area contributed by atoms with Crippen molar-refractivity contribution in [2.75, 3.05) is 19.0 Å². The third kappa shape index (κ3) is 3.60. The van der Waals surface area contributed by atoms with E-state index >= 15 is 0 Å². The van der Waals surface area contributed by atoms with Gasteiger partial charge in [0, 0.05) is 0 Å². The lowest BCUT2D eigenvalue weighted by Gasteiger charge is -2.06. The van der Waals surface area contributed by atoms with Crippen LogP contribution < -0.4 is 14.8 Å².